The highest BCUT2D eigenvalue weighted by Crippen LogP contribution is 2.54. The molecule has 19 heavy (non-hydrogen) atoms. The first kappa shape index (κ1) is 12.0. The minimum atomic E-state index is -0.101. The van der Waals surface area contributed by atoms with Crippen LogP contribution in [0.3, 0.4) is 0 Å². The fraction of sp³-hybridized carbons (Fsp3) is 0.333. The second-order valence-electron chi connectivity index (χ2n) is 5.13. The van der Waals surface area contributed by atoms with Crippen LogP contribution in [0.1, 0.15) is 42.1 Å². The molecule has 4 nitrogen and oxygen atoms in total. The summed E-state index contributed by atoms with van der Waals surface area (Å²) in [4.78, 5) is 18.6. The Balaban J connectivity index is 1.78. The first-order chi connectivity index (χ1) is 9.15. The van der Waals surface area contributed by atoms with Gasteiger partial charge in [-0.25, -0.2) is 4.98 Å². The van der Waals surface area contributed by atoms with Crippen molar-refractivity contribution in [1.82, 2.24) is 9.97 Å². The summed E-state index contributed by atoms with van der Waals surface area (Å²) in [5.41, 5.74) is 3.51. The third kappa shape index (κ3) is 2.38. The van der Waals surface area contributed by atoms with Crippen molar-refractivity contribution >= 4 is 11.9 Å². The van der Waals surface area contributed by atoms with Gasteiger partial charge in [0.15, 0.2) is 0 Å². The highest BCUT2D eigenvalue weighted by Gasteiger charge is 2.41. The highest BCUT2D eigenvalue weighted by molar-refractivity contribution is 5.86. The zero-order chi connectivity index (χ0) is 13.4. The molecule has 2 unspecified atom stereocenters. The molecule has 2 atom stereocenters. The van der Waals surface area contributed by atoms with Gasteiger partial charge in [0.1, 0.15) is 0 Å². The number of carbonyl (C=O) groups is 1. The molecule has 98 valence electrons. The standard InChI is InChI=1S/C15H17N3O/c1-9-14(18-15(16-9)17-10(2)19)13-8-12(13)11-6-4-3-5-7-11/h3-7,12-13H,8H2,1-2H3,(H2,16,17,18,19). The van der Waals surface area contributed by atoms with E-state index in [2.05, 4.69) is 39.6 Å². The van der Waals surface area contributed by atoms with Crippen molar-refractivity contribution in [3.63, 3.8) is 0 Å². The number of imidazole rings is 1. The van der Waals surface area contributed by atoms with Crippen LogP contribution in [0.15, 0.2) is 30.3 Å². The largest absolute Gasteiger partial charge is 0.327 e. The number of amides is 1. The van der Waals surface area contributed by atoms with E-state index in [0.29, 0.717) is 17.8 Å². The second kappa shape index (κ2) is 4.53. The average Bonchev–Trinajstić information content (AvgIpc) is 3.09. The summed E-state index contributed by atoms with van der Waals surface area (Å²) in [6, 6.07) is 10.5. The molecule has 1 heterocycles. The van der Waals surface area contributed by atoms with Gasteiger partial charge in [0.2, 0.25) is 11.9 Å². The van der Waals surface area contributed by atoms with Crippen molar-refractivity contribution in [3.05, 3.63) is 47.3 Å². The lowest BCUT2D eigenvalue weighted by Gasteiger charge is -1.99. The molecule has 2 aromatic rings. The molecular weight excluding hydrogens is 238 g/mol. The van der Waals surface area contributed by atoms with E-state index in [1.165, 1.54) is 12.5 Å². The van der Waals surface area contributed by atoms with Crippen molar-refractivity contribution in [3.8, 4) is 0 Å². The Labute approximate surface area is 112 Å². The number of anilines is 1. The summed E-state index contributed by atoms with van der Waals surface area (Å²) < 4.78 is 0. The SMILES string of the molecule is CC(=O)Nc1nc(C)c(C2CC2c2ccccc2)[nH]1. The minimum Gasteiger partial charge on any atom is -0.327 e. The predicted molar refractivity (Wildman–Crippen MR) is 74.2 cm³/mol. The number of rotatable bonds is 3. The minimum absolute atomic E-state index is 0.101. The molecule has 0 radical (unpaired) electrons. The van der Waals surface area contributed by atoms with Gasteiger partial charge in [0.05, 0.1) is 5.69 Å². The van der Waals surface area contributed by atoms with E-state index in [4.69, 9.17) is 0 Å². The maximum atomic E-state index is 11.0. The van der Waals surface area contributed by atoms with Crippen LogP contribution < -0.4 is 5.32 Å². The lowest BCUT2D eigenvalue weighted by molar-refractivity contribution is -0.114. The summed E-state index contributed by atoms with van der Waals surface area (Å²) in [6.07, 6.45) is 1.15. The molecule has 0 saturated heterocycles. The van der Waals surface area contributed by atoms with Crippen LogP contribution in [0, 0.1) is 6.92 Å². The number of hydrogen-bond donors (Lipinski definition) is 2. The molecule has 1 aromatic carbocycles. The maximum absolute atomic E-state index is 11.0. The molecule has 1 fully saturated rings. The van der Waals surface area contributed by atoms with Gasteiger partial charge >= 0.3 is 0 Å². The molecule has 1 aliphatic rings. The number of nitrogens with one attached hydrogen (secondary N) is 2. The van der Waals surface area contributed by atoms with E-state index in [1.54, 1.807) is 0 Å². The molecule has 0 spiro atoms. The van der Waals surface area contributed by atoms with Crippen LogP contribution in [0.5, 0.6) is 0 Å². The van der Waals surface area contributed by atoms with Gasteiger partial charge in [0, 0.05) is 18.5 Å². The molecule has 1 saturated carbocycles. The van der Waals surface area contributed by atoms with Crippen molar-refractivity contribution in [2.75, 3.05) is 5.32 Å². The maximum Gasteiger partial charge on any atom is 0.223 e. The Morgan fingerprint density at radius 3 is 2.74 bits per heavy atom. The molecule has 1 aliphatic carbocycles. The van der Waals surface area contributed by atoms with Gasteiger partial charge in [-0.1, -0.05) is 30.3 Å². The smallest absolute Gasteiger partial charge is 0.223 e. The van der Waals surface area contributed by atoms with Crippen LogP contribution in [-0.4, -0.2) is 15.9 Å². The Morgan fingerprint density at radius 2 is 2.05 bits per heavy atom. The van der Waals surface area contributed by atoms with E-state index < -0.39 is 0 Å². The molecule has 1 amide bonds. The Morgan fingerprint density at radius 1 is 1.32 bits per heavy atom. The summed E-state index contributed by atoms with van der Waals surface area (Å²) >= 11 is 0. The third-order valence-corrected chi connectivity index (χ3v) is 3.61. The molecule has 1 aromatic heterocycles. The van der Waals surface area contributed by atoms with Crippen LogP contribution >= 0.6 is 0 Å². The topological polar surface area (TPSA) is 57.8 Å². The zero-order valence-electron chi connectivity index (χ0n) is 11.1. The van der Waals surface area contributed by atoms with Gasteiger partial charge in [-0.15, -0.1) is 0 Å². The predicted octanol–water partition coefficient (Wildman–Crippen LogP) is 2.95. The Hall–Kier alpha value is -2.10. The highest BCUT2D eigenvalue weighted by atomic mass is 16.1. The van der Waals surface area contributed by atoms with Crippen LogP contribution in [0.2, 0.25) is 0 Å². The zero-order valence-corrected chi connectivity index (χ0v) is 11.1. The van der Waals surface area contributed by atoms with E-state index in [1.807, 2.05) is 13.0 Å². The summed E-state index contributed by atoms with van der Waals surface area (Å²) in [7, 11) is 0. The summed E-state index contributed by atoms with van der Waals surface area (Å²) in [6.45, 7) is 3.47. The number of aryl methyl sites for hydroxylation is 1. The van der Waals surface area contributed by atoms with Gasteiger partial charge in [0.25, 0.3) is 0 Å². The van der Waals surface area contributed by atoms with Crippen molar-refractivity contribution in [2.24, 2.45) is 0 Å². The molecule has 2 N–H and O–H groups in total. The molecule has 3 rings (SSSR count). The normalized spacial score (nSPS) is 21.2. The van der Waals surface area contributed by atoms with E-state index in [0.717, 1.165) is 17.8 Å². The number of nitrogens with zero attached hydrogens (tertiary/aromatic N) is 1. The van der Waals surface area contributed by atoms with Crippen molar-refractivity contribution in [2.45, 2.75) is 32.1 Å². The van der Waals surface area contributed by atoms with Crippen molar-refractivity contribution in [1.29, 1.82) is 0 Å². The van der Waals surface area contributed by atoms with Crippen LogP contribution in [0.25, 0.3) is 0 Å². The Bertz CT molecular complexity index is 603. The second-order valence-corrected chi connectivity index (χ2v) is 5.13. The van der Waals surface area contributed by atoms with Crippen LogP contribution in [0.4, 0.5) is 5.95 Å². The van der Waals surface area contributed by atoms with E-state index in [9.17, 15) is 4.79 Å². The van der Waals surface area contributed by atoms with Gasteiger partial charge in [-0.05, 0) is 24.8 Å². The fourth-order valence-corrected chi connectivity index (χ4v) is 2.64. The van der Waals surface area contributed by atoms with E-state index >= 15 is 0 Å². The molecule has 4 heteroatoms. The lowest BCUT2D eigenvalue weighted by Crippen LogP contribution is -2.07. The quantitative estimate of drug-likeness (QED) is 0.886. The molecule has 0 aliphatic heterocycles. The van der Waals surface area contributed by atoms with Gasteiger partial charge in [-0.3, -0.25) is 10.1 Å². The Kier molecular flexibility index (Phi) is 2.85. The third-order valence-electron chi connectivity index (χ3n) is 3.61. The van der Waals surface area contributed by atoms with Gasteiger partial charge < -0.3 is 4.98 Å². The molecule has 0 bridgehead atoms. The number of carbonyl (C=O) groups excluding carboxylic acids is 1. The van der Waals surface area contributed by atoms with Gasteiger partial charge in [-0.2, -0.15) is 0 Å². The van der Waals surface area contributed by atoms with E-state index in [-0.39, 0.29) is 5.91 Å². The number of aromatic nitrogens is 2. The first-order valence-corrected chi connectivity index (χ1v) is 6.54. The number of aromatic amines is 1. The van der Waals surface area contributed by atoms with Crippen molar-refractivity contribution < 1.29 is 4.79 Å². The number of benzene rings is 1. The molecular formula is C15H17N3O. The fourth-order valence-electron chi connectivity index (χ4n) is 2.64. The monoisotopic (exact) mass is 255 g/mol. The summed E-state index contributed by atoms with van der Waals surface area (Å²) in [5, 5.41) is 2.70. The number of hydrogen-bond acceptors (Lipinski definition) is 2. The summed E-state index contributed by atoms with van der Waals surface area (Å²) in [5.74, 6) is 1.53. The van der Waals surface area contributed by atoms with Crippen LogP contribution in [-0.2, 0) is 4.79 Å². The first-order valence-electron chi connectivity index (χ1n) is 6.54. The number of H-pyrrole nitrogens is 1. The average molecular weight is 255 g/mol. The lowest BCUT2D eigenvalue weighted by atomic mass is 10.1.